The van der Waals surface area contributed by atoms with Gasteiger partial charge in [-0.05, 0) is 145 Å². The first kappa shape index (κ1) is 39.8. The van der Waals surface area contributed by atoms with Crippen molar-refractivity contribution in [3.63, 3.8) is 0 Å². The number of alkyl halides is 6. The van der Waals surface area contributed by atoms with E-state index in [1.165, 1.54) is 51.6 Å². The minimum atomic E-state index is -3.91. The van der Waals surface area contributed by atoms with Crippen LogP contribution in [0.4, 0.5) is 0 Å². The maximum atomic E-state index is 11.3. The Morgan fingerprint density at radius 3 is 0.977 bits per heavy atom. The van der Waals surface area contributed by atoms with Crippen molar-refractivity contribution in [2.24, 2.45) is 4.30 Å². The first-order chi connectivity index (χ1) is 55.7. The van der Waals surface area contributed by atoms with Crippen LogP contribution in [0.1, 0.15) is 290 Å². The molecule has 5 aromatic rings. The van der Waals surface area contributed by atoms with Crippen LogP contribution in [-0.4, -0.2) is 64.3 Å². The number of hydrogen-bond donors (Lipinski definition) is 7. The maximum absolute atomic E-state index is 11.3. The molecule has 0 atom stereocenters. The number of phenolic OH excluding ortho intramolecular Hbond substituents is 5. The van der Waals surface area contributed by atoms with E-state index in [9.17, 15) is 15.3 Å². The fourth-order valence-corrected chi connectivity index (χ4v) is 6.39. The first-order valence-corrected chi connectivity index (χ1v) is 29.3. The monoisotopic (exact) mass is 1440 g/mol. The molecule has 0 aliphatic heterocycles. The van der Waals surface area contributed by atoms with Gasteiger partial charge in [0.15, 0.2) is 0 Å². The number of aliphatic hydroxyl groups excluding tert-OH is 1. The summed E-state index contributed by atoms with van der Waals surface area (Å²) in [5.74, 6) is -2.96. The van der Waals surface area contributed by atoms with Gasteiger partial charge in [0, 0.05) is 62.0 Å². The summed E-state index contributed by atoms with van der Waals surface area (Å²) in [5, 5.41) is 49.3. The second-order valence-corrected chi connectivity index (χ2v) is 26.5. The van der Waals surface area contributed by atoms with Crippen molar-refractivity contribution in [1.82, 2.24) is 0 Å². The van der Waals surface area contributed by atoms with Crippen LogP contribution in [0.2, 0.25) is 0 Å². The van der Waals surface area contributed by atoms with Gasteiger partial charge < -0.3 is 30.6 Å². The molecule has 6 N–H and O–H groups in total. The van der Waals surface area contributed by atoms with Crippen LogP contribution >= 0.6 is 98.4 Å². The van der Waals surface area contributed by atoms with E-state index in [0.717, 1.165) is 23.8 Å². The Morgan fingerprint density at radius 1 is 0.430 bits per heavy atom. The molecule has 0 aliphatic rings. The fraction of sp³-hybridized carbons (Fsp3) is 0.571. The molecular formula is C70H112BBrCl6NO6S. The minimum absolute atomic E-state index is 0.0120. The van der Waals surface area contributed by atoms with Crippen LogP contribution in [0.3, 0.4) is 0 Å². The molecule has 1 radical (unpaired) electrons. The van der Waals surface area contributed by atoms with Crippen LogP contribution < -0.4 is 0 Å². The molecule has 0 saturated carbocycles. The molecule has 16 heteroatoms. The Bertz CT molecular complexity index is 3860. The molecule has 0 spiro atoms. The van der Waals surface area contributed by atoms with Gasteiger partial charge in [-0.2, -0.15) is 0 Å². The Labute approximate surface area is 627 Å². The van der Waals surface area contributed by atoms with E-state index in [4.69, 9.17) is 131 Å². The summed E-state index contributed by atoms with van der Waals surface area (Å²) in [6.07, 6.45) is 0. The summed E-state index contributed by atoms with van der Waals surface area (Å²) >= 11 is 34.9. The molecule has 86 heavy (non-hydrogen) atoms. The molecule has 0 amide bonds. The molecule has 0 unspecified atom stereocenters. The summed E-state index contributed by atoms with van der Waals surface area (Å²) in [5.41, 5.74) is -17.8. The van der Waals surface area contributed by atoms with E-state index in [2.05, 4.69) is 71.7 Å². The zero-order valence-electron chi connectivity index (χ0n) is 92.3. The number of phenols is 5. The van der Waals surface area contributed by atoms with E-state index in [-0.39, 0.29) is 54.7 Å². The van der Waals surface area contributed by atoms with Crippen LogP contribution in [0.15, 0.2) is 99.7 Å². The Hall–Kier alpha value is -2.51. The number of hydrogen-bond acceptors (Lipinski definition) is 8. The molecule has 5 rings (SSSR count). The molecule has 491 valence electrons. The predicted molar refractivity (Wildman–Crippen MR) is 392 cm³/mol. The first-order valence-electron chi connectivity index (χ1n) is 45.3. The summed E-state index contributed by atoms with van der Waals surface area (Å²) < 4.78 is 321. The molecule has 7 nitrogen and oxygen atoms in total. The van der Waals surface area contributed by atoms with Crippen LogP contribution in [0.25, 0.3) is 0 Å². The van der Waals surface area contributed by atoms with Gasteiger partial charge in [0.05, 0.1) is 24.6 Å². The molecule has 0 aromatic heterocycles. The summed E-state index contributed by atoms with van der Waals surface area (Å²) in [7, 11) is 5.63. The summed E-state index contributed by atoms with van der Waals surface area (Å²) in [6, 6.07) is 16.8. The molecule has 5 aromatic carbocycles. The van der Waals surface area contributed by atoms with Crippen molar-refractivity contribution in [3.05, 3.63) is 145 Å². The van der Waals surface area contributed by atoms with Gasteiger partial charge in [-0.15, -0.1) is 69.6 Å². The second kappa shape index (κ2) is 41.1. The van der Waals surface area contributed by atoms with Crippen LogP contribution in [0.5, 0.6) is 28.7 Å². The topological polar surface area (TPSA) is 134 Å². The van der Waals surface area contributed by atoms with Crippen molar-refractivity contribution in [3.8, 4) is 28.7 Å². The van der Waals surface area contributed by atoms with Crippen molar-refractivity contribution in [2.75, 3.05) is 23.1 Å². The zero-order valence-corrected chi connectivity index (χ0v) is 58.3. The molecular weight excluding hydrogens is 1290 g/mol. The van der Waals surface area contributed by atoms with E-state index in [1.54, 1.807) is 65.8 Å². The summed E-state index contributed by atoms with van der Waals surface area (Å²) in [6.45, 7) is -16.6. The Kier molecular flexibility index (Phi) is 19.0. The third kappa shape index (κ3) is 38.9. The number of aliphatic hydroxyl groups is 1. The molecule has 0 heterocycles. The zero-order chi connectivity index (χ0) is 104. The SMILES string of the molecule is CC(C)(C)c1ccc(O)cc1.ClCCl.ClCCl.ClCCl.[2H]C([2H])([2H])C(c1cc(C(C)(C)C)cc(Br)c1O)(C([2H])([2H])[2H])C([2H])([2H])[2H].[2H]C([2H])([2H])C(c1cc(C(C)(C)C)cc(C(C([2H])([2H])[2H])(C([2H])([2H])[2H])C([2H])([2H])[2H])c1O)(C([2H])([2H])[2H])C([2H])([2H])[2H].[2H]OC.[2H]Oc1c([2H])cc(C(C)(C)C)cc1[2H].[2H]c1cc(C(C)(C)C)cc(C(C([2H])([2H])[2H])(C([2H])([2H])[2H])C([2H])([2H])[2H])c1O.[B]=NS. The average molecular weight is 1440 g/mol. The number of nitrogens with zero attached hydrogens (tertiary/aromatic N) is 1. The van der Waals surface area contributed by atoms with Gasteiger partial charge in [0.2, 0.25) is 1.43 Å². The fourth-order valence-electron chi connectivity index (χ4n) is 5.93. The molecule has 0 saturated heterocycles. The predicted octanol–water partition coefficient (Wildman–Crippen LogP) is 23.5. The van der Waals surface area contributed by atoms with Crippen molar-refractivity contribution in [2.45, 2.75) is 235 Å². The molecule has 0 bridgehead atoms. The van der Waals surface area contributed by atoms with E-state index < -0.39 is 166 Å². The molecule has 0 fully saturated rings. The number of thiol groups is 1. The van der Waals surface area contributed by atoms with Gasteiger partial charge in [-0.1, -0.05) is 241 Å². The standard InChI is InChI=1S/C18H30O.C14H21BrO.C14H22O.2C10H14O.3CH2Cl2.CH4O.BHNS/c1-16(2,3)12-10-13(17(4,5)6)15(19)14(11-12)18(7,8)9;1-13(2,3)9-7-10(14(4,5)6)12(16)11(15)8-9;1-13(2,3)10-7-8-12(15)11(9-10)14(4,5)6;2*1-10(2,3)8-4-6-9(11)7-5-8;3*2-1-3;1-2;1-2-3/h10-11,19H,1-9H3;7-8,16H,1-6H3;7-9,15H,1-6H3;2*4-7,11H,1-3H3;3*1H2;2H,1H3;3H/i4D3,5D3,6D3,7D3,8D3,9D3;4D3,5D3,6D3;4D3,5D3,6D3,8D;6D,7D;;;;;2D;/hD. The third-order valence-electron chi connectivity index (χ3n) is 10.6. The van der Waals surface area contributed by atoms with Crippen molar-refractivity contribution < 1.29 is 84.1 Å². The Balaban J connectivity index is -0.000000488. The van der Waals surface area contributed by atoms with Crippen molar-refractivity contribution >= 4 is 106 Å². The Morgan fingerprint density at radius 2 is 0.686 bits per heavy atom. The van der Waals surface area contributed by atoms with Gasteiger partial charge >= 0.3 is 24.8 Å². The number of rotatable bonds is 1. The van der Waals surface area contributed by atoms with Crippen LogP contribution in [0, 0.1) is 0 Å². The van der Waals surface area contributed by atoms with Crippen molar-refractivity contribution in [1.29, 1.82) is 2.86 Å². The molecule has 0 aliphatic carbocycles. The number of aromatic hydroxyl groups is 5. The van der Waals surface area contributed by atoms with E-state index >= 15 is 0 Å². The quantitative estimate of drug-likeness (QED) is 0.0508. The third-order valence-corrected chi connectivity index (χ3v) is 11.2. The van der Waals surface area contributed by atoms with E-state index in [1.807, 2.05) is 32.9 Å². The van der Waals surface area contributed by atoms with E-state index in [0.29, 0.717) is 16.9 Å². The van der Waals surface area contributed by atoms with Gasteiger partial charge in [-0.3, -0.25) is 0 Å². The normalized spacial score (nSPS) is 20.2. The van der Waals surface area contributed by atoms with Gasteiger partial charge in [0.25, 0.3) is 1.43 Å². The number of halogens is 7. The second-order valence-electron chi connectivity index (χ2n) is 23.0. The summed E-state index contributed by atoms with van der Waals surface area (Å²) in [4.78, 5) is 0. The number of benzene rings is 5. The van der Waals surface area contributed by atoms with Gasteiger partial charge in [0.1, 0.15) is 28.7 Å². The van der Waals surface area contributed by atoms with Gasteiger partial charge in [-0.25, -0.2) is 0 Å². The van der Waals surface area contributed by atoms with Crippen LogP contribution in [-0.2, 0) is 48.7 Å². The average Bonchev–Trinajstić information content (AvgIpc) is 0.676.